The lowest BCUT2D eigenvalue weighted by Gasteiger charge is -2.18. The maximum Gasteiger partial charge on any atom is 0.341 e. The molecule has 1 aliphatic rings. The second-order valence-electron chi connectivity index (χ2n) is 8.16. The normalized spacial score (nSPS) is 14.6. The number of carboxylic acids is 1. The number of fused-ring (bicyclic) bond motifs is 1. The molecule has 0 fully saturated rings. The standard InChI is InChI=1S/C25H25F2NO3S/c1-25(26,27)21-5-2-17(3-6-21)20-13-23(32-16-20)14-28-10-8-18-4-7-22(31-15-24(29)30)12-19(18)9-11-28/h2-7,12-13,16H,8-11,14-15H2,1H3,(H,29,30). The first kappa shape index (κ1) is 22.4. The molecule has 1 aliphatic heterocycles. The van der Waals surface area contributed by atoms with Gasteiger partial charge in [0.15, 0.2) is 6.61 Å². The molecule has 0 aliphatic carbocycles. The Bertz CT molecular complexity index is 1090. The van der Waals surface area contributed by atoms with Crippen molar-refractivity contribution in [2.24, 2.45) is 0 Å². The molecule has 4 nitrogen and oxygen atoms in total. The molecular weight excluding hydrogens is 432 g/mol. The quantitative estimate of drug-likeness (QED) is 0.502. The van der Waals surface area contributed by atoms with Crippen LogP contribution in [0.5, 0.6) is 5.75 Å². The summed E-state index contributed by atoms with van der Waals surface area (Å²) in [6.07, 6.45) is 1.81. The summed E-state index contributed by atoms with van der Waals surface area (Å²) in [5.74, 6) is -3.22. The lowest BCUT2D eigenvalue weighted by molar-refractivity contribution is -0.139. The summed E-state index contributed by atoms with van der Waals surface area (Å²) in [6.45, 7) is 3.26. The maximum absolute atomic E-state index is 13.4. The maximum atomic E-state index is 13.4. The van der Waals surface area contributed by atoms with Crippen molar-refractivity contribution in [1.82, 2.24) is 4.90 Å². The van der Waals surface area contributed by atoms with Crippen LogP contribution in [-0.2, 0) is 30.1 Å². The van der Waals surface area contributed by atoms with Gasteiger partial charge in [0.1, 0.15) is 5.75 Å². The van der Waals surface area contributed by atoms with Crippen LogP contribution in [0, 0.1) is 0 Å². The van der Waals surface area contributed by atoms with Crippen LogP contribution in [0.2, 0.25) is 0 Å². The average Bonchev–Trinajstić information content (AvgIpc) is 3.13. The highest BCUT2D eigenvalue weighted by Crippen LogP contribution is 2.31. The Kier molecular flexibility index (Phi) is 6.58. The number of thiophene rings is 1. The van der Waals surface area contributed by atoms with E-state index < -0.39 is 11.9 Å². The number of nitrogens with zero attached hydrogens (tertiary/aromatic N) is 1. The van der Waals surface area contributed by atoms with Crippen LogP contribution in [0.1, 0.15) is 28.5 Å². The van der Waals surface area contributed by atoms with Gasteiger partial charge in [0.05, 0.1) is 0 Å². The largest absolute Gasteiger partial charge is 0.482 e. The summed E-state index contributed by atoms with van der Waals surface area (Å²) >= 11 is 1.68. The Morgan fingerprint density at radius 2 is 1.78 bits per heavy atom. The van der Waals surface area contributed by atoms with Crippen molar-refractivity contribution in [3.05, 3.63) is 75.5 Å². The van der Waals surface area contributed by atoms with Crippen molar-refractivity contribution >= 4 is 17.3 Å². The van der Waals surface area contributed by atoms with Crippen molar-refractivity contribution in [3.8, 4) is 16.9 Å². The zero-order chi connectivity index (χ0) is 22.7. The zero-order valence-corrected chi connectivity index (χ0v) is 18.6. The number of hydrogen-bond acceptors (Lipinski definition) is 4. The first-order valence-electron chi connectivity index (χ1n) is 10.5. The molecule has 1 N–H and O–H groups in total. The van der Waals surface area contributed by atoms with Crippen LogP contribution >= 0.6 is 11.3 Å². The summed E-state index contributed by atoms with van der Waals surface area (Å²) in [4.78, 5) is 14.4. The van der Waals surface area contributed by atoms with Crippen LogP contribution < -0.4 is 4.74 Å². The summed E-state index contributed by atoms with van der Waals surface area (Å²) in [7, 11) is 0. The molecule has 0 saturated heterocycles. The molecule has 3 aromatic rings. The van der Waals surface area contributed by atoms with E-state index in [4.69, 9.17) is 9.84 Å². The van der Waals surface area contributed by atoms with Crippen molar-refractivity contribution in [1.29, 1.82) is 0 Å². The van der Waals surface area contributed by atoms with Gasteiger partial charge in [-0.25, -0.2) is 13.6 Å². The number of alkyl halides is 2. The lowest BCUT2D eigenvalue weighted by Crippen LogP contribution is -2.25. The Morgan fingerprint density at radius 1 is 1.06 bits per heavy atom. The zero-order valence-electron chi connectivity index (χ0n) is 17.8. The molecule has 1 aromatic heterocycles. The van der Waals surface area contributed by atoms with Crippen LogP contribution in [0.15, 0.2) is 53.9 Å². The SMILES string of the molecule is CC(F)(F)c1ccc(-c2csc(CN3CCc4ccc(OCC(=O)O)cc4CC3)c2)cc1. The van der Waals surface area contributed by atoms with E-state index in [1.54, 1.807) is 23.5 Å². The van der Waals surface area contributed by atoms with E-state index in [1.165, 1.54) is 28.1 Å². The smallest absolute Gasteiger partial charge is 0.341 e. The molecule has 0 radical (unpaired) electrons. The summed E-state index contributed by atoms with van der Waals surface area (Å²) in [5.41, 5.74) is 4.49. The number of hydrogen-bond donors (Lipinski definition) is 1. The predicted octanol–water partition coefficient (Wildman–Crippen LogP) is 5.59. The van der Waals surface area contributed by atoms with Crippen molar-refractivity contribution in [3.63, 3.8) is 0 Å². The molecule has 2 heterocycles. The minimum atomic E-state index is -2.83. The molecule has 32 heavy (non-hydrogen) atoms. The number of benzene rings is 2. The fourth-order valence-corrected chi connectivity index (χ4v) is 4.87. The third-order valence-corrected chi connectivity index (χ3v) is 6.61. The van der Waals surface area contributed by atoms with Crippen LogP contribution in [0.3, 0.4) is 0 Å². The number of aliphatic carboxylic acids is 1. The molecule has 7 heteroatoms. The van der Waals surface area contributed by atoms with Crippen LogP contribution in [0.4, 0.5) is 8.78 Å². The molecule has 0 atom stereocenters. The average molecular weight is 458 g/mol. The fraction of sp³-hybridized carbons (Fsp3) is 0.320. The molecule has 0 saturated carbocycles. The first-order valence-corrected chi connectivity index (χ1v) is 11.4. The molecule has 0 spiro atoms. The van der Waals surface area contributed by atoms with Crippen molar-refractivity contribution < 1.29 is 23.4 Å². The Hall–Kier alpha value is -2.77. The number of carbonyl (C=O) groups is 1. The van der Waals surface area contributed by atoms with Crippen LogP contribution in [0.25, 0.3) is 11.1 Å². The van der Waals surface area contributed by atoms with Gasteiger partial charge in [0.25, 0.3) is 5.92 Å². The van der Waals surface area contributed by atoms with E-state index in [1.807, 2.05) is 18.2 Å². The number of ether oxygens (including phenoxy) is 1. The molecule has 4 rings (SSSR count). The van der Waals surface area contributed by atoms with Gasteiger partial charge in [0, 0.05) is 37.0 Å². The minimum absolute atomic E-state index is 0.0253. The van der Waals surface area contributed by atoms with E-state index in [-0.39, 0.29) is 12.2 Å². The summed E-state index contributed by atoms with van der Waals surface area (Å²) in [5, 5.41) is 10.9. The van der Waals surface area contributed by atoms with Gasteiger partial charge in [-0.2, -0.15) is 0 Å². The van der Waals surface area contributed by atoms with Crippen molar-refractivity contribution in [2.75, 3.05) is 19.7 Å². The van der Waals surface area contributed by atoms with E-state index in [2.05, 4.69) is 16.3 Å². The third-order valence-electron chi connectivity index (χ3n) is 5.69. The van der Waals surface area contributed by atoms with Gasteiger partial charge in [-0.15, -0.1) is 11.3 Å². The number of halogens is 2. The van der Waals surface area contributed by atoms with E-state index in [9.17, 15) is 13.6 Å². The van der Waals surface area contributed by atoms with Gasteiger partial charge in [0.2, 0.25) is 0 Å². The highest BCUT2D eigenvalue weighted by Gasteiger charge is 2.23. The minimum Gasteiger partial charge on any atom is -0.482 e. The molecule has 0 unspecified atom stereocenters. The fourth-order valence-electron chi connectivity index (χ4n) is 3.93. The predicted molar refractivity (Wildman–Crippen MR) is 122 cm³/mol. The molecule has 0 amide bonds. The van der Waals surface area contributed by atoms with Gasteiger partial charge >= 0.3 is 5.97 Å². The van der Waals surface area contributed by atoms with Crippen LogP contribution in [-0.4, -0.2) is 35.7 Å². The Morgan fingerprint density at radius 3 is 2.47 bits per heavy atom. The van der Waals surface area contributed by atoms with E-state index in [0.717, 1.165) is 50.5 Å². The Balaban J connectivity index is 1.38. The molecular formula is C25H25F2NO3S. The third kappa shape index (κ3) is 5.53. The van der Waals surface area contributed by atoms with E-state index in [0.29, 0.717) is 5.75 Å². The molecule has 2 aromatic carbocycles. The molecule has 168 valence electrons. The highest BCUT2D eigenvalue weighted by molar-refractivity contribution is 7.10. The van der Waals surface area contributed by atoms with Crippen molar-refractivity contribution in [2.45, 2.75) is 32.2 Å². The van der Waals surface area contributed by atoms with Gasteiger partial charge in [-0.05, 0) is 58.7 Å². The van der Waals surface area contributed by atoms with Gasteiger partial charge in [-0.3, -0.25) is 4.90 Å². The molecule has 0 bridgehead atoms. The summed E-state index contributed by atoms with van der Waals surface area (Å²) < 4.78 is 32.2. The first-order chi connectivity index (χ1) is 15.3. The monoisotopic (exact) mass is 457 g/mol. The van der Waals surface area contributed by atoms with Gasteiger partial charge < -0.3 is 9.84 Å². The highest BCUT2D eigenvalue weighted by atomic mass is 32.1. The van der Waals surface area contributed by atoms with Gasteiger partial charge in [-0.1, -0.05) is 30.3 Å². The number of rotatable bonds is 7. The van der Waals surface area contributed by atoms with E-state index >= 15 is 0 Å². The lowest BCUT2D eigenvalue weighted by atomic mass is 10.0. The second-order valence-corrected chi connectivity index (χ2v) is 9.15. The second kappa shape index (κ2) is 9.38. The topological polar surface area (TPSA) is 49.8 Å². The summed E-state index contributed by atoms with van der Waals surface area (Å²) in [6, 6.07) is 14.5. The Labute approximate surface area is 190 Å². The number of carboxylic acid groups (broad SMARTS) is 1.